The van der Waals surface area contributed by atoms with Gasteiger partial charge < -0.3 is 20.3 Å². The van der Waals surface area contributed by atoms with Crippen molar-refractivity contribution in [3.63, 3.8) is 0 Å². The molecule has 0 radical (unpaired) electrons. The molecule has 2 aliphatic carbocycles. The molecule has 0 spiro atoms. The molecule has 0 aliphatic heterocycles. The molecule has 2 aromatic rings. The molecule has 2 fully saturated rings. The summed E-state index contributed by atoms with van der Waals surface area (Å²) >= 11 is 0. The van der Waals surface area contributed by atoms with E-state index in [1.165, 1.54) is 30.3 Å². The fourth-order valence-electron chi connectivity index (χ4n) is 4.09. The molecular weight excluding hydrogens is 517 g/mol. The van der Waals surface area contributed by atoms with Gasteiger partial charge in [-0.15, -0.1) is 0 Å². The van der Waals surface area contributed by atoms with Gasteiger partial charge in [-0.1, -0.05) is 6.07 Å². The molecule has 1 amide bonds. The van der Waals surface area contributed by atoms with Gasteiger partial charge in [0.25, 0.3) is 0 Å². The summed E-state index contributed by atoms with van der Waals surface area (Å²) in [6.07, 6.45) is -1.06. The minimum atomic E-state index is -4.82. The number of aliphatic hydroxyl groups is 1. The van der Waals surface area contributed by atoms with E-state index >= 15 is 0 Å². The lowest BCUT2D eigenvalue weighted by atomic mass is 10.1. The Morgan fingerprint density at radius 3 is 2.51 bits per heavy atom. The number of carbonyl (C=O) groups is 1. The predicted molar refractivity (Wildman–Crippen MR) is 124 cm³/mol. The number of aromatic nitrogens is 2. The lowest BCUT2D eigenvalue weighted by molar-refractivity contribution is -0.139. The van der Waals surface area contributed by atoms with Crippen molar-refractivity contribution in [2.45, 2.75) is 66.6 Å². The number of aliphatic hydroxyl groups excluding tert-OH is 1. The molecule has 0 saturated heterocycles. The molecule has 1 aromatic carbocycles. The van der Waals surface area contributed by atoms with Crippen LogP contribution in [0.25, 0.3) is 11.1 Å². The molecule has 2 saturated carbocycles. The van der Waals surface area contributed by atoms with Gasteiger partial charge in [-0.3, -0.25) is 4.68 Å². The third-order valence-corrected chi connectivity index (χ3v) is 8.58. The van der Waals surface area contributed by atoms with Gasteiger partial charge in [0.15, 0.2) is 9.84 Å². The van der Waals surface area contributed by atoms with Crippen molar-refractivity contribution in [3.8, 4) is 17.2 Å². The number of alkyl halides is 3. The molecule has 0 bridgehead atoms. The van der Waals surface area contributed by atoms with Crippen molar-refractivity contribution >= 4 is 15.9 Å². The highest BCUT2D eigenvalue weighted by atomic mass is 32.2. The quantitative estimate of drug-likeness (QED) is 0.480. The number of hydrogen-bond donors (Lipinski definition) is 3. The molecule has 1 heterocycles. The summed E-state index contributed by atoms with van der Waals surface area (Å²) < 4.78 is 73.4. The summed E-state index contributed by atoms with van der Waals surface area (Å²) in [5.41, 5.74) is -1.30. The van der Waals surface area contributed by atoms with E-state index in [2.05, 4.69) is 10.4 Å². The molecule has 2 atom stereocenters. The van der Waals surface area contributed by atoms with Crippen LogP contribution in [0.4, 0.5) is 18.0 Å². The number of rotatable bonds is 7. The monoisotopic (exact) mass is 544 g/mol. The van der Waals surface area contributed by atoms with E-state index in [0.29, 0.717) is 24.8 Å². The highest BCUT2D eigenvalue weighted by molar-refractivity contribution is 7.92. The first kappa shape index (κ1) is 28.4. The average Bonchev–Trinajstić information content (AvgIpc) is 3.23. The van der Waals surface area contributed by atoms with Crippen LogP contribution in [-0.4, -0.2) is 65.1 Å². The van der Waals surface area contributed by atoms with Crippen LogP contribution in [0.15, 0.2) is 35.5 Å². The molecule has 1 aromatic heterocycles. The Bertz CT molecular complexity index is 1270. The smallest absolute Gasteiger partial charge is 0.417 e. The lowest BCUT2D eigenvalue weighted by Crippen LogP contribution is -2.33. The SMILES string of the molecule is CO[C@H]1CC[C@H](S(=O)(=O)c2ccc(-c3cnn(CCO)c3)cc2C(F)(F)F)C1.N#CC1(NC(=O)O)CC1. The van der Waals surface area contributed by atoms with E-state index in [0.717, 1.165) is 12.1 Å². The van der Waals surface area contributed by atoms with Crippen LogP contribution >= 0.6 is 0 Å². The molecule has 0 unspecified atom stereocenters. The van der Waals surface area contributed by atoms with E-state index in [-0.39, 0.29) is 37.7 Å². The van der Waals surface area contributed by atoms with Gasteiger partial charge in [0, 0.05) is 18.9 Å². The molecule has 10 nitrogen and oxygen atoms in total. The summed E-state index contributed by atoms with van der Waals surface area (Å²) in [5, 5.41) is 30.6. The molecule has 4 rings (SSSR count). The van der Waals surface area contributed by atoms with Crippen molar-refractivity contribution < 1.29 is 41.3 Å². The topological polar surface area (TPSA) is 155 Å². The number of methoxy groups -OCH3 is 1. The van der Waals surface area contributed by atoms with Crippen molar-refractivity contribution in [2.24, 2.45) is 0 Å². The fourth-order valence-corrected chi connectivity index (χ4v) is 6.10. The predicted octanol–water partition coefficient (Wildman–Crippen LogP) is 3.21. The molecule has 202 valence electrons. The van der Waals surface area contributed by atoms with E-state index in [1.54, 1.807) is 0 Å². The summed E-state index contributed by atoms with van der Waals surface area (Å²) in [6, 6.07) is 5.11. The number of hydrogen-bond acceptors (Lipinski definition) is 7. The zero-order valence-corrected chi connectivity index (χ0v) is 20.7. The van der Waals surface area contributed by atoms with E-state index in [4.69, 9.17) is 20.2 Å². The zero-order chi connectivity index (χ0) is 27.4. The molecule has 14 heteroatoms. The number of halogens is 3. The number of benzene rings is 1. The van der Waals surface area contributed by atoms with Crippen LogP contribution in [0.1, 0.15) is 37.7 Å². The molecule has 2 aliphatic rings. The van der Waals surface area contributed by atoms with Crippen LogP contribution in [0.3, 0.4) is 0 Å². The second-order valence-corrected chi connectivity index (χ2v) is 11.1. The van der Waals surface area contributed by atoms with Gasteiger partial charge in [0.1, 0.15) is 5.54 Å². The Labute approximate surface area is 211 Å². The standard InChI is InChI=1S/C18H21F3N2O4S.C5H6N2O2/c1-27-14-3-4-15(9-14)28(25,26)17-5-2-12(8-16(17)18(19,20)21)13-10-22-23(11-13)6-7-24;6-3-5(1-2-5)7-4(8)9/h2,5,8,10-11,14-15,24H,3-4,6-7,9H2,1H3;7H,1-2H2,(H,8,9)/t14-,15-;/m0./s1. The maximum absolute atomic E-state index is 13.7. The Hall–Kier alpha value is -3.15. The van der Waals surface area contributed by atoms with E-state index < -0.39 is 43.4 Å². The van der Waals surface area contributed by atoms with Crippen molar-refractivity contribution in [1.82, 2.24) is 15.1 Å². The minimum absolute atomic E-state index is 0.157. The maximum atomic E-state index is 13.7. The van der Waals surface area contributed by atoms with Crippen molar-refractivity contribution in [1.29, 1.82) is 5.26 Å². The summed E-state index contributed by atoms with van der Waals surface area (Å²) in [6.45, 7) is 0.0525. The molecular formula is C23H27F3N4O6S. The van der Waals surface area contributed by atoms with Crippen LogP contribution in [-0.2, 0) is 27.3 Å². The third-order valence-electron chi connectivity index (χ3n) is 6.31. The first-order chi connectivity index (χ1) is 17.3. The highest BCUT2D eigenvalue weighted by Gasteiger charge is 2.45. The number of ether oxygens (including phenoxy) is 1. The van der Waals surface area contributed by atoms with E-state index in [1.807, 2.05) is 6.07 Å². The third kappa shape index (κ3) is 6.79. The second kappa shape index (κ2) is 11.1. The van der Waals surface area contributed by atoms with Crippen molar-refractivity contribution in [2.75, 3.05) is 13.7 Å². The number of nitriles is 1. The summed E-state index contributed by atoms with van der Waals surface area (Å²) in [4.78, 5) is 9.25. The summed E-state index contributed by atoms with van der Waals surface area (Å²) in [7, 11) is -2.69. The maximum Gasteiger partial charge on any atom is 0.417 e. The number of amides is 1. The number of sulfone groups is 1. The number of carboxylic acid groups (broad SMARTS) is 1. The lowest BCUT2D eigenvalue weighted by Gasteiger charge is -2.18. The van der Waals surface area contributed by atoms with Crippen LogP contribution < -0.4 is 5.32 Å². The Kier molecular flexibility index (Phi) is 8.51. The van der Waals surface area contributed by atoms with Gasteiger partial charge in [-0.25, -0.2) is 13.2 Å². The first-order valence-electron chi connectivity index (χ1n) is 11.4. The summed E-state index contributed by atoms with van der Waals surface area (Å²) in [5.74, 6) is 0. The van der Waals surface area contributed by atoms with Gasteiger partial charge in [0.2, 0.25) is 0 Å². The minimum Gasteiger partial charge on any atom is -0.465 e. The van der Waals surface area contributed by atoms with E-state index in [9.17, 15) is 26.4 Å². The van der Waals surface area contributed by atoms with Crippen LogP contribution in [0.2, 0.25) is 0 Å². The normalized spacial score (nSPS) is 20.4. The Balaban J connectivity index is 0.000000356. The molecule has 3 N–H and O–H groups in total. The largest absolute Gasteiger partial charge is 0.465 e. The second-order valence-electron chi connectivity index (χ2n) is 8.89. The van der Waals surface area contributed by atoms with Gasteiger partial charge in [-0.05, 0) is 49.8 Å². The average molecular weight is 545 g/mol. The first-order valence-corrected chi connectivity index (χ1v) is 12.9. The van der Waals surface area contributed by atoms with Crippen molar-refractivity contribution in [3.05, 3.63) is 36.2 Å². The highest BCUT2D eigenvalue weighted by Crippen LogP contribution is 2.40. The fraction of sp³-hybridized carbons (Fsp3) is 0.522. The Morgan fingerprint density at radius 1 is 1.32 bits per heavy atom. The molecule has 37 heavy (non-hydrogen) atoms. The van der Waals surface area contributed by atoms with Gasteiger partial charge in [0.05, 0.1) is 47.2 Å². The number of nitrogens with one attached hydrogen (secondary N) is 1. The zero-order valence-electron chi connectivity index (χ0n) is 19.9. The number of nitrogens with zero attached hydrogens (tertiary/aromatic N) is 3. The van der Waals surface area contributed by atoms with Crippen LogP contribution in [0, 0.1) is 11.3 Å². The van der Waals surface area contributed by atoms with Gasteiger partial charge in [-0.2, -0.15) is 23.5 Å². The Morgan fingerprint density at radius 2 is 2.03 bits per heavy atom. The van der Waals surface area contributed by atoms with Crippen LogP contribution in [0.5, 0.6) is 0 Å². The van der Waals surface area contributed by atoms with Gasteiger partial charge >= 0.3 is 12.3 Å².